The highest BCUT2D eigenvalue weighted by Gasteiger charge is 2.02. The van der Waals surface area contributed by atoms with Crippen LogP contribution in [0.1, 0.15) is 5.56 Å². The topological polar surface area (TPSA) is 0 Å². The van der Waals surface area contributed by atoms with Crippen molar-refractivity contribution in [2.45, 2.75) is 4.90 Å². The number of hydrogen-bond donors (Lipinski definition) is 0. The first-order valence-electron chi connectivity index (χ1n) is 5.41. The van der Waals surface area contributed by atoms with E-state index in [-0.39, 0.29) is 0 Å². The van der Waals surface area contributed by atoms with Gasteiger partial charge in [-0.1, -0.05) is 60.3 Å². The van der Waals surface area contributed by atoms with E-state index in [0.29, 0.717) is 0 Å². The standard InChI is InChI=1S/C15H14S2/c1-16-12-15(13-8-4-2-5-9-13)17-14-10-6-3-7-11-14/h2-12H,1H3/b15-12+. The quantitative estimate of drug-likeness (QED) is 0.696. The normalized spacial score (nSPS) is 11.5. The second kappa shape index (κ2) is 6.58. The molecule has 0 nitrogen and oxygen atoms in total. The van der Waals surface area contributed by atoms with Crippen LogP contribution in [-0.2, 0) is 0 Å². The van der Waals surface area contributed by atoms with Crippen LogP contribution in [0, 0.1) is 0 Å². The van der Waals surface area contributed by atoms with Crippen molar-refractivity contribution in [3.8, 4) is 0 Å². The minimum Gasteiger partial charge on any atom is -0.136 e. The van der Waals surface area contributed by atoms with E-state index in [1.807, 2.05) is 12.1 Å². The van der Waals surface area contributed by atoms with Crippen molar-refractivity contribution >= 4 is 28.4 Å². The fraction of sp³-hybridized carbons (Fsp3) is 0.0667. The Morgan fingerprint density at radius 3 is 2.06 bits per heavy atom. The Bertz CT molecular complexity index is 475. The molecule has 0 unspecified atom stereocenters. The summed E-state index contributed by atoms with van der Waals surface area (Å²) >= 11 is 3.55. The van der Waals surface area contributed by atoms with E-state index >= 15 is 0 Å². The lowest BCUT2D eigenvalue weighted by molar-refractivity contribution is 1.47. The van der Waals surface area contributed by atoms with Crippen LogP contribution >= 0.6 is 23.5 Å². The second-order valence-electron chi connectivity index (χ2n) is 3.50. The van der Waals surface area contributed by atoms with Crippen molar-refractivity contribution in [1.29, 1.82) is 0 Å². The maximum atomic E-state index is 2.20. The summed E-state index contributed by atoms with van der Waals surface area (Å²) in [6.45, 7) is 0. The van der Waals surface area contributed by atoms with E-state index < -0.39 is 0 Å². The van der Waals surface area contributed by atoms with E-state index in [2.05, 4.69) is 60.2 Å². The van der Waals surface area contributed by atoms with Gasteiger partial charge in [-0.15, -0.1) is 11.8 Å². The van der Waals surface area contributed by atoms with Gasteiger partial charge in [0.25, 0.3) is 0 Å². The summed E-state index contributed by atoms with van der Waals surface area (Å²) in [7, 11) is 0. The highest BCUT2D eigenvalue weighted by atomic mass is 32.2. The average molecular weight is 258 g/mol. The molecule has 2 aromatic rings. The Kier molecular flexibility index (Phi) is 4.77. The lowest BCUT2D eigenvalue weighted by Crippen LogP contribution is -1.79. The molecule has 0 spiro atoms. The Labute approximate surface area is 111 Å². The fourth-order valence-corrected chi connectivity index (χ4v) is 3.11. The minimum atomic E-state index is 1.27. The van der Waals surface area contributed by atoms with E-state index in [1.165, 1.54) is 15.4 Å². The monoisotopic (exact) mass is 258 g/mol. The Morgan fingerprint density at radius 1 is 0.882 bits per heavy atom. The van der Waals surface area contributed by atoms with E-state index in [0.717, 1.165) is 0 Å². The Balaban J connectivity index is 2.23. The first-order chi connectivity index (χ1) is 8.40. The molecule has 0 amide bonds. The van der Waals surface area contributed by atoms with Crippen molar-refractivity contribution in [3.05, 3.63) is 71.6 Å². The molecule has 0 saturated heterocycles. The van der Waals surface area contributed by atoms with Gasteiger partial charge in [0.2, 0.25) is 0 Å². The third kappa shape index (κ3) is 3.69. The zero-order valence-corrected chi connectivity index (χ0v) is 11.3. The third-order valence-electron chi connectivity index (χ3n) is 2.25. The van der Waals surface area contributed by atoms with Crippen molar-refractivity contribution in [2.75, 3.05) is 6.26 Å². The largest absolute Gasteiger partial charge is 0.136 e. The maximum absolute atomic E-state index is 2.20. The fourth-order valence-electron chi connectivity index (χ4n) is 1.48. The summed E-state index contributed by atoms with van der Waals surface area (Å²) in [6.07, 6.45) is 2.09. The molecule has 0 aromatic heterocycles. The van der Waals surface area contributed by atoms with Gasteiger partial charge in [0.1, 0.15) is 0 Å². The van der Waals surface area contributed by atoms with Crippen LogP contribution in [-0.4, -0.2) is 6.26 Å². The zero-order valence-electron chi connectivity index (χ0n) is 9.67. The molecule has 0 fully saturated rings. The number of benzene rings is 2. The molecule has 0 aliphatic carbocycles. The van der Waals surface area contributed by atoms with Crippen molar-refractivity contribution < 1.29 is 0 Å². The molecule has 2 rings (SSSR count). The Hall–Kier alpha value is -1.12. The van der Waals surface area contributed by atoms with Crippen LogP contribution in [0.2, 0.25) is 0 Å². The van der Waals surface area contributed by atoms with Gasteiger partial charge >= 0.3 is 0 Å². The summed E-state index contributed by atoms with van der Waals surface area (Å²) in [5.74, 6) is 0. The van der Waals surface area contributed by atoms with E-state index in [4.69, 9.17) is 0 Å². The second-order valence-corrected chi connectivity index (χ2v) is 5.32. The molecule has 86 valence electrons. The molecule has 17 heavy (non-hydrogen) atoms. The van der Waals surface area contributed by atoms with Crippen LogP contribution in [0.5, 0.6) is 0 Å². The van der Waals surface area contributed by atoms with Crippen LogP contribution in [0.3, 0.4) is 0 Å². The molecular formula is C15H14S2. The molecule has 0 atom stereocenters. The number of thioether (sulfide) groups is 2. The summed E-state index contributed by atoms with van der Waals surface area (Å²) in [6, 6.07) is 21.0. The minimum absolute atomic E-state index is 1.27. The molecule has 0 N–H and O–H groups in total. The third-order valence-corrected chi connectivity index (χ3v) is 3.96. The van der Waals surface area contributed by atoms with Gasteiger partial charge in [0, 0.05) is 9.80 Å². The summed E-state index contributed by atoms with van der Waals surface area (Å²) < 4.78 is 0. The molecule has 0 saturated carbocycles. The van der Waals surface area contributed by atoms with Gasteiger partial charge in [-0.2, -0.15) is 0 Å². The predicted molar refractivity (Wildman–Crippen MR) is 80.2 cm³/mol. The first kappa shape index (κ1) is 12.3. The lowest BCUT2D eigenvalue weighted by atomic mass is 10.2. The van der Waals surface area contributed by atoms with Crippen LogP contribution < -0.4 is 0 Å². The van der Waals surface area contributed by atoms with Gasteiger partial charge in [-0.3, -0.25) is 0 Å². The zero-order chi connectivity index (χ0) is 11.9. The van der Waals surface area contributed by atoms with Gasteiger partial charge in [-0.05, 0) is 29.4 Å². The van der Waals surface area contributed by atoms with Gasteiger partial charge in [-0.25, -0.2) is 0 Å². The van der Waals surface area contributed by atoms with E-state index in [1.54, 1.807) is 23.5 Å². The van der Waals surface area contributed by atoms with Crippen LogP contribution in [0.4, 0.5) is 0 Å². The highest BCUT2D eigenvalue weighted by Crippen LogP contribution is 2.35. The molecule has 0 radical (unpaired) electrons. The predicted octanol–water partition coefficient (Wildman–Crippen LogP) is 5.14. The summed E-state index contributed by atoms with van der Waals surface area (Å²) in [5, 5.41) is 2.20. The number of hydrogen-bond acceptors (Lipinski definition) is 2. The van der Waals surface area contributed by atoms with Crippen LogP contribution in [0.15, 0.2) is 71.0 Å². The first-order valence-corrected chi connectivity index (χ1v) is 7.52. The SMILES string of the molecule is CS/C=C(/Sc1ccccc1)c1ccccc1. The lowest BCUT2D eigenvalue weighted by Gasteiger charge is -2.07. The molecular weight excluding hydrogens is 244 g/mol. The van der Waals surface area contributed by atoms with E-state index in [9.17, 15) is 0 Å². The van der Waals surface area contributed by atoms with Gasteiger partial charge < -0.3 is 0 Å². The molecule has 2 heteroatoms. The average Bonchev–Trinajstić information content (AvgIpc) is 2.40. The van der Waals surface area contributed by atoms with Crippen LogP contribution in [0.25, 0.3) is 4.91 Å². The van der Waals surface area contributed by atoms with Gasteiger partial charge in [0.05, 0.1) is 0 Å². The van der Waals surface area contributed by atoms with Crippen molar-refractivity contribution in [1.82, 2.24) is 0 Å². The highest BCUT2D eigenvalue weighted by molar-refractivity contribution is 8.10. The van der Waals surface area contributed by atoms with Crippen molar-refractivity contribution in [2.24, 2.45) is 0 Å². The number of rotatable bonds is 4. The summed E-state index contributed by atoms with van der Waals surface area (Å²) in [5.41, 5.74) is 1.27. The Morgan fingerprint density at radius 2 is 1.47 bits per heavy atom. The molecule has 0 aliphatic rings. The van der Waals surface area contributed by atoms with Gasteiger partial charge in [0.15, 0.2) is 0 Å². The maximum Gasteiger partial charge on any atom is 0.0257 e. The molecule has 0 heterocycles. The smallest absolute Gasteiger partial charge is 0.0257 e. The molecule has 0 aliphatic heterocycles. The molecule has 2 aromatic carbocycles. The molecule has 0 bridgehead atoms. The van der Waals surface area contributed by atoms with Crippen molar-refractivity contribution in [3.63, 3.8) is 0 Å². The summed E-state index contributed by atoms with van der Waals surface area (Å²) in [4.78, 5) is 2.57.